The molecule has 0 amide bonds. The van der Waals surface area contributed by atoms with Crippen LogP contribution in [0.5, 0.6) is 5.75 Å². The summed E-state index contributed by atoms with van der Waals surface area (Å²) in [6, 6.07) is 3.89. The number of carbonyl (C=O) groups is 1. The average molecular weight is 194 g/mol. The maximum atomic E-state index is 10.7. The van der Waals surface area contributed by atoms with E-state index in [2.05, 4.69) is 0 Å². The van der Waals surface area contributed by atoms with Crippen LogP contribution in [0.25, 0.3) is 0 Å². The zero-order valence-corrected chi connectivity index (χ0v) is 8.19. The van der Waals surface area contributed by atoms with E-state index in [4.69, 9.17) is 4.74 Å². The zero-order valence-electron chi connectivity index (χ0n) is 7.37. The molecule has 0 N–H and O–H groups in total. The Bertz CT molecular complexity index is 347. The first-order chi connectivity index (χ1) is 6.35. The first kappa shape index (κ1) is 8.63. The highest BCUT2D eigenvalue weighted by Gasteiger charge is 2.14. The van der Waals surface area contributed by atoms with Gasteiger partial charge in [0.25, 0.3) is 0 Å². The van der Waals surface area contributed by atoms with Crippen LogP contribution in [-0.2, 0) is 6.42 Å². The van der Waals surface area contributed by atoms with Crippen molar-refractivity contribution in [3.8, 4) is 5.75 Å². The molecule has 0 bridgehead atoms. The number of aldehydes is 1. The SMILES string of the molecule is COc1cc2c(cc1C=O)SCC2. The number of thioether (sulfide) groups is 1. The molecule has 68 valence electrons. The molecule has 0 saturated carbocycles. The van der Waals surface area contributed by atoms with Gasteiger partial charge in [-0.05, 0) is 24.1 Å². The fourth-order valence-corrected chi connectivity index (χ4v) is 2.59. The van der Waals surface area contributed by atoms with Crippen molar-refractivity contribution in [2.24, 2.45) is 0 Å². The topological polar surface area (TPSA) is 26.3 Å². The first-order valence-electron chi connectivity index (χ1n) is 4.14. The highest BCUT2D eigenvalue weighted by Crippen LogP contribution is 2.35. The molecule has 3 heteroatoms. The molecule has 2 nitrogen and oxygen atoms in total. The molecule has 1 heterocycles. The van der Waals surface area contributed by atoms with Gasteiger partial charge >= 0.3 is 0 Å². The summed E-state index contributed by atoms with van der Waals surface area (Å²) in [6.07, 6.45) is 1.92. The predicted octanol–water partition coefficient (Wildman–Crippen LogP) is 2.16. The fourth-order valence-electron chi connectivity index (χ4n) is 1.49. The molecule has 13 heavy (non-hydrogen) atoms. The molecule has 0 atom stereocenters. The van der Waals surface area contributed by atoms with Crippen LogP contribution in [0, 0.1) is 0 Å². The van der Waals surface area contributed by atoms with Gasteiger partial charge in [0, 0.05) is 10.6 Å². The maximum absolute atomic E-state index is 10.7. The monoisotopic (exact) mass is 194 g/mol. The van der Waals surface area contributed by atoms with Crippen LogP contribution in [-0.4, -0.2) is 19.1 Å². The van der Waals surface area contributed by atoms with Gasteiger partial charge in [0.2, 0.25) is 0 Å². The van der Waals surface area contributed by atoms with Gasteiger partial charge in [0.1, 0.15) is 5.75 Å². The van der Waals surface area contributed by atoms with E-state index in [0.29, 0.717) is 11.3 Å². The van der Waals surface area contributed by atoms with Crippen molar-refractivity contribution in [3.63, 3.8) is 0 Å². The van der Waals surface area contributed by atoms with Crippen molar-refractivity contribution in [1.29, 1.82) is 0 Å². The lowest BCUT2D eigenvalue weighted by Gasteiger charge is -2.05. The molecule has 0 spiro atoms. The summed E-state index contributed by atoms with van der Waals surface area (Å²) < 4.78 is 5.12. The fraction of sp³-hybridized carbons (Fsp3) is 0.300. The van der Waals surface area contributed by atoms with Crippen LogP contribution < -0.4 is 4.74 Å². The minimum Gasteiger partial charge on any atom is -0.496 e. The number of carbonyl (C=O) groups excluding carboxylic acids is 1. The van der Waals surface area contributed by atoms with Gasteiger partial charge in [-0.15, -0.1) is 11.8 Å². The Kier molecular flexibility index (Phi) is 2.27. The van der Waals surface area contributed by atoms with Gasteiger partial charge in [-0.2, -0.15) is 0 Å². The Balaban J connectivity index is 2.53. The molecule has 0 saturated heterocycles. The number of hydrogen-bond donors (Lipinski definition) is 0. The van der Waals surface area contributed by atoms with Crippen molar-refractivity contribution in [3.05, 3.63) is 23.3 Å². The highest BCUT2D eigenvalue weighted by molar-refractivity contribution is 7.99. The number of rotatable bonds is 2. The van der Waals surface area contributed by atoms with E-state index in [0.717, 1.165) is 18.5 Å². The van der Waals surface area contributed by atoms with Gasteiger partial charge in [0.05, 0.1) is 12.7 Å². The smallest absolute Gasteiger partial charge is 0.153 e. The van der Waals surface area contributed by atoms with Crippen LogP contribution in [0.15, 0.2) is 17.0 Å². The maximum Gasteiger partial charge on any atom is 0.153 e. The molecule has 2 rings (SSSR count). The molecule has 1 aliphatic heterocycles. The van der Waals surface area contributed by atoms with Crippen molar-refractivity contribution in [2.45, 2.75) is 11.3 Å². The average Bonchev–Trinajstić information content (AvgIpc) is 2.62. The second-order valence-corrected chi connectivity index (χ2v) is 4.05. The number of methoxy groups -OCH3 is 1. The summed E-state index contributed by atoms with van der Waals surface area (Å²) >= 11 is 1.80. The van der Waals surface area contributed by atoms with Crippen molar-refractivity contribution >= 4 is 18.0 Å². The summed E-state index contributed by atoms with van der Waals surface area (Å²) in [5, 5.41) is 0. The van der Waals surface area contributed by atoms with Crippen molar-refractivity contribution < 1.29 is 9.53 Å². The molecule has 1 aromatic rings. The van der Waals surface area contributed by atoms with E-state index in [1.165, 1.54) is 10.5 Å². The van der Waals surface area contributed by atoms with E-state index < -0.39 is 0 Å². The minimum absolute atomic E-state index is 0.649. The van der Waals surface area contributed by atoms with E-state index in [1.54, 1.807) is 18.9 Å². The third kappa shape index (κ3) is 1.44. The van der Waals surface area contributed by atoms with E-state index in [1.807, 2.05) is 12.1 Å². The van der Waals surface area contributed by atoms with Gasteiger partial charge < -0.3 is 4.74 Å². The first-order valence-corrected chi connectivity index (χ1v) is 5.12. The Labute approximate surface area is 81.3 Å². The largest absolute Gasteiger partial charge is 0.496 e. The van der Waals surface area contributed by atoms with Crippen molar-refractivity contribution in [1.82, 2.24) is 0 Å². The van der Waals surface area contributed by atoms with Crippen LogP contribution >= 0.6 is 11.8 Å². The second-order valence-electron chi connectivity index (χ2n) is 2.92. The Morgan fingerprint density at radius 1 is 1.54 bits per heavy atom. The molecule has 0 aliphatic carbocycles. The molecule has 1 aromatic carbocycles. The van der Waals surface area contributed by atoms with Gasteiger partial charge in [-0.25, -0.2) is 0 Å². The molecular weight excluding hydrogens is 184 g/mol. The van der Waals surface area contributed by atoms with Crippen molar-refractivity contribution in [2.75, 3.05) is 12.9 Å². The lowest BCUT2D eigenvalue weighted by atomic mass is 10.1. The van der Waals surface area contributed by atoms with Crippen LogP contribution in [0.3, 0.4) is 0 Å². The predicted molar refractivity (Wildman–Crippen MR) is 52.8 cm³/mol. The third-order valence-corrected chi connectivity index (χ3v) is 3.27. The highest BCUT2D eigenvalue weighted by atomic mass is 32.2. The summed E-state index contributed by atoms with van der Waals surface area (Å²) in [5.74, 6) is 1.80. The molecule has 0 radical (unpaired) electrons. The van der Waals surface area contributed by atoms with E-state index in [9.17, 15) is 4.79 Å². The van der Waals surface area contributed by atoms with Gasteiger partial charge in [0.15, 0.2) is 6.29 Å². The zero-order chi connectivity index (χ0) is 9.26. The quantitative estimate of drug-likeness (QED) is 0.675. The number of ether oxygens (including phenoxy) is 1. The lowest BCUT2D eigenvalue weighted by molar-refractivity contribution is 0.112. The second kappa shape index (κ2) is 3.42. The van der Waals surface area contributed by atoms with E-state index in [-0.39, 0.29) is 0 Å². The molecular formula is C10H10O2S. The van der Waals surface area contributed by atoms with E-state index >= 15 is 0 Å². The Hall–Kier alpha value is -0.960. The van der Waals surface area contributed by atoms with Crippen LogP contribution in [0.4, 0.5) is 0 Å². The van der Waals surface area contributed by atoms with Gasteiger partial charge in [-0.1, -0.05) is 0 Å². The summed E-state index contributed by atoms with van der Waals surface area (Å²) in [7, 11) is 1.59. The van der Waals surface area contributed by atoms with Gasteiger partial charge in [-0.3, -0.25) is 4.79 Å². The Morgan fingerprint density at radius 2 is 2.38 bits per heavy atom. The molecule has 0 fully saturated rings. The van der Waals surface area contributed by atoms with Crippen LogP contribution in [0.2, 0.25) is 0 Å². The number of aryl methyl sites for hydroxylation is 1. The lowest BCUT2D eigenvalue weighted by Crippen LogP contribution is -1.92. The summed E-state index contributed by atoms with van der Waals surface area (Å²) in [6.45, 7) is 0. The molecule has 1 aliphatic rings. The third-order valence-electron chi connectivity index (χ3n) is 2.17. The summed E-state index contributed by atoms with van der Waals surface area (Å²) in [5.41, 5.74) is 1.95. The standard InChI is InChI=1S/C10H10O2S/c1-12-9-4-7-2-3-13-10(7)5-8(9)6-11/h4-6H,2-3H2,1H3. The molecule has 0 unspecified atom stereocenters. The number of hydrogen-bond acceptors (Lipinski definition) is 3. The normalized spacial score (nSPS) is 13.9. The van der Waals surface area contributed by atoms with Crippen LogP contribution in [0.1, 0.15) is 15.9 Å². The minimum atomic E-state index is 0.649. The number of benzene rings is 1. The Morgan fingerprint density at radius 3 is 3.08 bits per heavy atom. The molecule has 0 aromatic heterocycles. The summed E-state index contributed by atoms with van der Waals surface area (Å²) in [4.78, 5) is 11.9. The number of fused-ring (bicyclic) bond motifs is 1.